The predicted molar refractivity (Wildman–Crippen MR) is 124 cm³/mol. The number of anilines is 1. The highest BCUT2D eigenvalue weighted by Gasteiger charge is 2.31. The van der Waals surface area contributed by atoms with Crippen molar-refractivity contribution in [1.82, 2.24) is 14.7 Å². The van der Waals surface area contributed by atoms with E-state index in [2.05, 4.69) is 41.2 Å². The molecule has 0 radical (unpaired) electrons. The highest BCUT2D eigenvalue weighted by atomic mass is 32.2. The number of carbonyl (C=O) groups is 1. The van der Waals surface area contributed by atoms with E-state index in [1.807, 2.05) is 34.8 Å². The number of carbonyl (C=O) groups excluding carboxylic acids is 1. The molecule has 160 valence electrons. The number of amides is 1. The average molecular weight is 435 g/mol. The Kier molecular flexibility index (Phi) is 5.14. The predicted octanol–water partition coefficient (Wildman–Crippen LogP) is 3.97. The Morgan fingerprint density at radius 2 is 1.87 bits per heavy atom. The van der Waals surface area contributed by atoms with Gasteiger partial charge in [0.1, 0.15) is 5.75 Å². The highest BCUT2D eigenvalue weighted by molar-refractivity contribution is 7.98. The van der Waals surface area contributed by atoms with E-state index in [0.29, 0.717) is 18.8 Å². The topological polar surface area (TPSA) is 50.6 Å². The van der Waals surface area contributed by atoms with Crippen molar-refractivity contribution in [2.24, 2.45) is 7.05 Å². The van der Waals surface area contributed by atoms with Crippen LogP contribution in [-0.4, -0.2) is 53.9 Å². The van der Waals surface area contributed by atoms with Crippen LogP contribution in [-0.2, 0) is 12.8 Å². The molecule has 0 aliphatic carbocycles. The first-order valence-corrected chi connectivity index (χ1v) is 11.5. The molecule has 1 amide bonds. The van der Waals surface area contributed by atoms with E-state index in [1.165, 1.54) is 16.0 Å². The monoisotopic (exact) mass is 434 g/mol. The van der Waals surface area contributed by atoms with E-state index in [4.69, 9.17) is 4.74 Å². The van der Waals surface area contributed by atoms with Crippen LogP contribution in [0.2, 0.25) is 0 Å². The van der Waals surface area contributed by atoms with Crippen molar-refractivity contribution >= 4 is 23.4 Å². The summed E-state index contributed by atoms with van der Waals surface area (Å²) in [5, 5.41) is 4.68. The lowest BCUT2D eigenvalue weighted by molar-refractivity contribution is 0.0739. The second kappa shape index (κ2) is 7.96. The van der Waals surface area contributed by atoms with E-state index in [9.17, 15) is 4.79 Å². The molecule has 0 N–H and O–H groups in total. The fraction of sp³-hybridized carbons (Fsp3) is 0.333. The summed E-state index contributed by atoms with van der Waals surface area (Å²) in [5.74, 6) is 1.68. The van der Waals surface area contributed by atoms with Gasteiger partial charge in [-0.15, -0.1) is 11.8 Å². The Morgan fingerprint density at radius 3 is 2.65 bits per heavy atom. The van der Waals surface area contributed by atoms with E-state index in [1.54, 1.807) is 18.9 Å². The quantitative estimate of drug-likeness (QED) is 0.624. The standard InChI is InChI=1S/C24H26N4O2S/c1-16-8-9-21-17(14-16)23-18(15-31-21)22(25-26(23)2)24(29)28-12-10-27(11-13-28)19-6-4-5-7-20(19)30-3/h4-9,14H,10-13,15H2,1-3H3. The normalized spacial score (nSPS) is 15.5. The summed E-state index contributed by atoms with van der Waals surface area (Å²) in [4.78, 5) is 18.9. The number of para-hydroxylation sites is 2. The molecule has 6 nitrogen and oxygen atoms in total. The summed E-state index contributed by atoms with van der Waals surface area (Å²) in [5.41, 5.74) is 6.21. The van der Waals surface area contributed by atoms with Gasteiger partial charge >= 0.3 is 0 Å². The number of methoxy groups -OCH3 is 1. The number of aryl methyl sites for hydroxylation is 2. The van der Waals surface area contributed by atoms with Gasteiger partial charge in [0.05, 0.1) is 18.5 Å². The van der Waals surface area contributed by atoms with Gasteiger partial charge in [-0.05, 0) is 31.2 Å². The zero-order valence-corrected chi connectivity index (χ0v) is 18.9. The number of ether oxygens (including phenoxy) is 1. The molecule has 0 saturated carbocycles. The average Bonchev–Trinajstić information content (AvgIpc) is 3.15. The van der Waals surface area contributed by atoms with Gasteiger partial charge in [0.15, 0.2) is 5.69 Å². The number of thioether (sulfide) groups is 1. The summed E-state index contributed by atoms with van der Waals surface area (Å²) in [6, 6.07) is 14.6. The van der Waals surface area contributed by atoms with Crippen LogP contribution in [0.15, 0.2) is 47.4 Å². The number of hydrogen-bond acceptors (Lipinski definition) is 5. The Bertz CT molecular complexity index is 1150. The molecule has 1 fully saturated rings. The molecule has 1 aromatic heterocycles. The Labute approximate surface area is 186 Å². The number of hydrogen-bond donors (Lipinski definition) is 0. The van der Waals surface area contributed by atoms with Crippen molar-refractivity contribution in [3.8, 4) is 17.0 Å². The van der Waals surface area contributed by atoms with Gasteiger partial charge in [0.25, 0.3) is 5.91 Å². The first kappa shape index (κ1) is 20.0. The lowest BCUT2D eigenvalue weighted by Gasteiger charge is -2.36. The molecule has 0 spiro atoms. The molecule has 2 aliphatic heterocycles. The molecule has 3 heterocycles. The lowest BCUT2D eigenvalue weighted by atomic mass is 10.0. The first-order valence-electron chi connectivity index (χ1n) is 10.5. The van der Waals surface area contributed by atoms with Crippen LogP contribution in [0, 0.1) is 6.92 Å². The number of rotatable bonds is 3. The fourth-order valence-electron chi connectivity index (χ4n) is 4.51. The van der Waals surface area contributed by atoms with E-state index in [-0.39, 0.29) is 5.91 Å². The van der Waals surface area contributed by atoms with Crippen LogP contribution in [0.4, 0.5) is 5.69 Å². The van der Waals surface area contributed by atoms with Crippen molar-refractivity contribution in [1.29, 1.82) is 0 Å². The molecule has 31 heavy (non-hydrogen) atoms. The van der Waals surface area contributed by atoms with Crippen LogP contribution in [0.25, 0.3) is 11.3 Å². The van der Waals surface area contributed by atoms with Crippen molar-refractivity contribution in [3.63, 3.8) is 0 Å². The summed E-state index contributed by atoms with van der Waals surface area (Å²) in [6.45, 7) is 4.99. The Hall–Kier alpha value is -2.93. The number of aromatic nitrogens is 2. The van der Waals surface area contributed by atoms with E-state index >= 15 is 0 Å². The molecule has 3 aromatic rings. The largest absolute Gasteiger partial charge is 0.495 e. The smallest absolute Gasteiger partial charge is 0.274 e. The molecular weight excluding hydrogens is 408 g/mol. The number of piperazine rings is 1. The van der Waals surface area contributed by atoms with Crippen molar-refractivity contribution in [3.05, 3.63) is 59.3 Å². The summed E-state index contributed by atoms with van der Waals surface area (Å²) in [6.07, 6.45) is 0. The zero-order valence-electron chi connectivity index (χ0n) is 18.1. The molecule has 7 heteroatoms. The van der Waals surface area contributed by atoms with Crippen molar-refractivity contribution in [2.45, 2.75) is 17.6 Å². The maximum absolute atomic E-state index is 13.4. The molecule has 2 aromatic carbocycles. The first-order chi connectivity index (χ1) is 15.1. The maximum atomic E-state index is 13.4. The highest BCUT2D eigenvalue weighted by Crippen LogP contribution is 2.43. The van der Waals surface area contributed by atoms with Gasteiger partial charge in [-0.1, -0.05) is 23.8 Å². The molecule has 1 saturated heterocycles. The summed E-state index contributed by atoms with van der Waals surface area (Å²) >= 11 is 1.79. The minimum absolute atomic E-state index is 0.0354. The molecule has 2 aliphatic rings. The maximum Gasteiger partial charge on any atom is 0.274 e. The molecule has 0 atom stereocenters. The van der Waals surface area contributed by atoms with Crippen molar-refractivity contribution < 1.29 is 9.53 Å². The van der Waals surface area contributed by atoms with E-state index < -0.39 is 0 Å². The zero-order chi connectivity index (χ0) is 21.5. The third-order valence-corrected chi connectivity index (χ3v) is 7.20. The van der Waals surface area contributed by atoms with E-state index in [0.717, 1.165) is 41.5 Å². The second-order valence-corrected chi connectivity index (χ2v) is 9.06. The number of fused-ring (bicyclic) bond motifs is 3. The number of benzene rings is 2. The Balaban J connectivity index is 1.38. The Morgan fingerprint density at radius 1 is 1.10 bits per heavy atom. The van der Waals surface area contributed by atoms with Crippen LogP contribution in [0.1, 0.15) is 21.6 Å². The van der Waals surface area contributed by atoms with Gasteiger partial charge in [0.2, 0.25) is 0 Å². The molecule has 0 bridgehead atoms. The third-order valence-electron chi connectivity index (χ3n) is 6.10. The van der Waals surface area contributed by atoms with Gasteiger partial charge in [0, 0.05) is 55.0 Å². The van der Waals surface area contributed by atoms with Gasteiger partial charge in [-0.2, -0.15) is 5.10 Å². The third kappa shape index (κ3) is 3.47. The van der Waals surface area contributed by atoms with Gasteiger partial charge < -0.3 is 14.5 Å². The summed E-state index contributed by atoms with van der Waals surface area (Å²) < 4.78 is 7.39. The van der Waals surface area contributed by atoms with Crippen molar-refractivity contribution in [2.75, 3.05) is 38.2 Å². The molecule has 0 unspecified atom stereocenters. The van der Waals surface area contributed by atoms with Gasteiger partial charge in [-0.3, -0.25) is 9.48 Å². The molecular formula is C24H26N4O2S. The molecule has 5 rings (SSSR count). The minimum Gasteiger partial charge on any atom is -0.495 e. The SMILES string of the molecule is COc1ccccc1N1CCN(C(=O)c2nn(C)c3c2CSc2ccc(C)cc2-3)CC1. The van der Waals surface area contributed by atoms with Crippen LogP contribution >= 0.6 is 11.8 Å². The number of nitrogens with zero attached hydrogens (tertiary/aromatic N) is 4. The fourth-order valence-corrected chi connectivity index (χ4v) is 5.56. The lowest BCUT2D eigenvalue weighted by Crippen LogP contribution is -2.49. The second-order valence-electron chi connectivity index (χ2n) is 8.04. The summed E-state index contributed by atoms with van der Waals surface area (Å²) in [7, 11) is 3.64. The van der Waals surface area contributed by atoms with Crippen LogP contribution < -0.4 is 9.64 Å². The van der Waals surface area contributed by atoms with Gasteiger partial charge in [-0.25, -0.2) is 0 Å². The minimum atomic E-state index is 0.0354. The van der Waals surface area contributed by atoms with Crippen LogP contribution in [0.3, 0.4) is 0 Å². The van der Waals surface area contributed by atoms with Crippen LogP contribution in [0.5, 0.6) is 5.75 Å².